The number of alkyl halides is 3. The Morgan fingerprint density at radius 1 is 1.15 bits per heavy atom. The van der Waals surface area contributed by atoms with Gasteiger partial charge in [0.25, 0.3) is 0 Å². The van der Waals surface area contributed by atoms with E-state index in [-0.39, 0.29) is 5.56 Å². The highest BCUT2D eigenvalue weighted by molar-refractivity contribution is 5.89. The number of hydrogen-bond acceptors (Lipinski definition) is 5. The third kappa shape index (κ3) is 3.40. The first-order valence-electron chi connectivity index (χ1n) is 8.00. The van der Waals surface area contributed by atoms with Crippen LogP contribution in [0, 0.1) is 13.8 Å². The van der Waals surface area contributed by atoms with E-state index in [4.69, 9.17) is 5.73 Å². The molecule has 5 nitrogen and oxygen atoms in total. The van der Waals surface area contributed by atoms with Crippen molar-refractivity contribution in [3.05, 3.63) is 53.0 Å². The van der Waals surface area contributed by atoms with Crippen molar-refractivity contribution in [3.8, 4) is 0 Å². The summed E-state index contributed by atoms with van der Waals surface area (Å²) in [6, 6.07) is 5.41. The number of aromatic nitrogens is 3. The standard InChI is InChI=1S/C18H18F3N5/c1-9-12(5-4-6-14(9)18(19,20)21)10(2)24-17-13-8-23-16(22)7-15(13)25-11(3)26-17/h4-8,10H,1-3H3,(H2,22,23)(H,24,25,26)/t10-/m1/s1. The zero-order valence-electron chi connectivity index (χ0n) is 14.5. The number of nitrogens with one attached hydrogen (secondary N) is 1. The number of hydrogen-bond donors (Lipinski definition) is 2. The Kier molecular flexibility index (Phi) is 4.43. The van der Waals surface area contributed by atoms with Gasteiger partial charge in [0.2, 0.25) is 0 Å². The van der Waals surface area contributed by atoms with Gasteiger partial charge >= 0.3 is 6.18 Å². The molecule has 0 aliphatic carbocycles. The van der Waals surface area contributed by atoms with Crippen molar-refractivity contribution in [3.63, 3.8) is 0 Å². The van der Waals surface area contributed by atoms with Gasteiger partial charge in [-0.2, -0.15) is 13.2 Å². The molecule has 0 unspecified atom stereocenters. The van der Waals surface area contributed by atoms with Gasteiger partial charge < -0.3 is 11.1 Å². The molecule has 1 aromatic carbocycles. The molecule has 0 spiro atoms. The summed E-state index contributed by atoms with van der Waals surface area (Å²) < 4.78 is 39.5. The molecule has 3 N–H and O–H groups in total. The lowest BCUT2D eigenvalue weighted by atomic mass is 9.97. The van der Waals surface area contributed by atoms with Crippen LogP contribution in [0.4, 0.5) is 24.8 Å². The van der Waals surface area contributed by atoms with Crippen molar-refractivity contribution in [2.24, 2.45) is 0 Å². The van der Waals surface area contributed by atoms with Gasteiger partial charge in [-0.05, 0) is 38.0 Å². The van der Waals surface area contributed by atoms with Crippen molar-refractivity contribution in [1.29, 1.82) is 0 Å². The number of nitrogen functional groups attached to an aromatic ring is 1. The van der Waals surface area contributed by atoms with Crippen LogP contribution in [0.25, 0.3) is 10.9 Å². The van der Waals surface area contributed by atoms with Crippen LogP contribution < -0.4 is 11.1 Å². The van der Waals surface area contributed by atoms with Crippen LogP contribution >= 0.6 is 0 Å². The monoisotopic (exact) mass is 361 g/mol. The van der Waals surface area contributed by atoms with Crippen molar-refractivity contribution in [1.82, 2.24) is 15.0 Å². The van der Waals surface area contributed by atoms with Gasteiger partial charge in [-0.3, -0.25) is 0 Å². The number of nitrogens with zero attached hydrogens (tertiary/aromatic N) is 3. The third-order valence-electron chi connectivity index (χ3n) is 4.22. The minimum atomic E-state index is -4.39. The lowest BCUT2D eigenvalue weighted by molar-refractivity contribution is -0.138. The Morgan fingerprint density at radius 3 is 2.58 bits per heavy atom. The Morgan fingerprint density at radius 2 is 1.88 bits per heavy atom. The zero-order valence-corrected chi connectivity index (χ0v) is 14.5. The molecule has 0 saturated carbocycles. The highest BCUT2D eigenvalue weighted by Gasteiger charge is 2.33. The molecular weight excluding hydrogens is 343 g/mol. The molecule has 26 heavy (non-hydrogen) atoms. The average Bonchev–Trinajstić information content (AvgIpc) is 2.53. The number of aryl methyl sites for hydroxylation is 1. The summed E-state index contributed by atoms with van der Waals surface area (Å²) in [7, 11) is 0. The molecule has 2 heterocycles. The van der Waals surface area contributed by atoms with E-state index in [2.05, 4.69) is 20.3 Å². The van der Waals surface area contributed by atoms with Crippen LogP contribution in [-0.2, 0) is 6.18 Å². The maximum atomic E-state index is 13.2. The molecule has 0 aliphatic rings. The summed E-state index contributed by atoms with van der Waals surface area (Å²) in [4.78, 5) is 12.7. The Labute approximate surface area is 148 Å². The molecule has 0 aliphatic heterocycles. The number of benzene rings is 1. The molecule has 0 bridgehead atoms. The van der Waals surface area contributed by atoms with E-state index in [1.54, 1.807) is 32.2 Å². The molecule has 8 heteroatoms. The van der Waals surface area contributed by atoms with Crippen molar-refractivity contribution >= 4 is 22.5 Å². The number of fused-ring (bicyclic) bond motifs is 1. The van der Waals surface area contributed by atoms with Crippen LogP contribution in [0.5, 0.6) is 0 Å². The van der Waals surface area contributed by atoms with Gasteiger partial charge in [0.1, 0.15) is 17.5 Å². The number of halogens is 3. The summed E-state index contributed by atoms with van der Waals surface area (Å²) in [6.45, 7) is 5.00. The van der Waals surface area contributed by atoms with Crippen LogP contribution in [0.3, 0.4) is 0 Å². The first-order chi connectivity index (χ1) is 12.2. The lowest BCUT2D eigenvalue weighted by Crippen LogP contribution is -2.14. The second-order valence-electron chi connectivity index (χ2n) is 6.13. The summed E-state index contributed by atoms with van der Waals surface area (Å²) in [5.41, 5.74) is 6.42. The summed E-state index contributed by atoms with van der Waals surface area (Å²) in [5.74, 6) is 1.37. The molecule has 3 rings (SSSR count). The second-order valence-corrected chi connectivity index (χ2v) is 6.13. The number of anilines is 2. The van der Waals surface area contributed by atoms with Crippen LogP contribution in [0.2, 0.25) is 0 Å². The smallest absolute Gasteiger partial charge is 0.384 e. The van der Waals surface area contributed by atoms with E-state index in [9.17, 15) is 13.2 Å². The average molecular weight is 361 g/mol. The summed E-state index contributed by atoms with van der Waals surface area (Å²) in [5, 5.41) is 3.84. The molecule has 1 atom stereocenters. The molecular formula is C18H18F3N5. The fraction of sp³-hybridized carbons (Fsp3) is 0.278. The number of pyridine rings is 1. The van der Waals surface area contributed by atoms with E-state index in [1.807, 2.05) is 0 Å². The highest BCUT2D eigenvalue weighted by atomic mass is 19.4. The first kappa shape index (κ1) is 17.9. The van der Waals surface area contributed by atoms with E-state index in [1.165, 1.54) is 13.0 Å². The third-order valence-corrected chi connectivity index (χ3v) is 4.22. The minimum absolute atomic E-state index is 0.192. The predicted octanol–water partition coefficient (Wildman–Crippen LogP) is 4.42. The van der Waals surface area contributed by atoms with E-state index in [0.717, 1.165) is 6.07 Å². The Balaban J connectivity index is 2.02. The molecule has 3 aromatic rings. The van der Waals surface area contributed by atoms with Crippen LogP contribution in [0.1, 0.15) is 35.5 Å². The number of nitrogens with two attached hydrogens (primary N) is 1. The van der Waals surface area contributed by atoms with Crippen molar-refractivity contribution in [2.75, 3.05) is 11.1 Å². The first-order valence-corrected chi connectivity index (χ1v) is 8.00. The normalized spacial score (nSPS) is 13.0. The summed E-state index contributed by atoms with van der Waals surface area (Å²) >= 11 is 0. The molecule has 0 saturated heterocycles. The largest absolute Gasteiger partial charge is 0.416 e. The fourth-order valence-electron chi connectivity index (χ4n) is 2.98. The maximum absolute atomic E-state index is 13.2. The quantitative estimate of drug-likeness (QED) is 0.722. The minimum Gasteiger partial charge on any atom is -0.384 e. The molecule has 0 amide bonds. The van der Waals surface area contributed by atoms with Gasteiger partial charge in [-0.25, -0.2) is 15.0 Å². The lowest BCUT2D eigenvalue weighted by Gasteiger charge is -2.21. The van der Waals surface area contributed by atoms with Gasteiger partial charge in [0, 0.05) is 12.3 Å². The molecule has 2 aromatic heterocycles. The SMILES string of the molecule is Cc1nc(N[C@H](C)c2cccc(C(F)(F)F)c2C)c2cnc(N)cc2n1. The predicted molar refractivity (Wildman–Crippen MR) is 94.7 cm³/mol. The summed E-state index contributed by atoms with van der Waals surface area (Å²) in [6.07, 6.45) is -2.84. The van der Waals surface area contributed by atoms with Gasteiger partial charge in [0.05, 0.1) is 22.5 Å². The maximum Gasteiger partial charge on any atom is 0.416 e. The Hall–Kier alpha value is -2.90. The van der Waals surface area contributed by atoms with E-state index >= 15 is 0 Å². The number of rotatable bonds is 3. The van der Waals surface area contributed by atoms with Crippen molar-refractivity contribution in [2.45, 2.75) is 33.0 Å². The van der Waals surface area contributed by atoms with Crippen LogP contribution in [0.15, 0.2) is 30.5 Å². The fourth-order valence-corrected chi connectivity index (χ4v) is 2.98. The molecule has 136 valence electrons. The van der Waals surface area contributed by atoms with Gasteiger partial charge in [-0.15, -0.1) is 0 Å². The second kappa shape index (κ2) is 6.44. The van der Waals surface area contributed by atoms with Gasteiger partial charge in [0.15, 0.2) is 0 Å². The van der Waals surface area contributed by atoms with Crippen LogP contribution in [-0.4, -0.2) is 15.0 Å². The molecule has 0 fully saturated rings. The van der Waals surface area contributed by atoms with Crippen molar-refractivity contribution < 1.29 is 13.2 Å². The highest BCUT2D eigenvalue weighted by Crippen LogP contribution is 2.35. The Bertz CT molecular complexity index is 964. The van der Waals surface area contributed by atoms with E-state index in [0.29, 0.717) is 33.9 Å². The topological polar surface area (TPSA) is 76.7 Å². The van der Waals surface area contributed by atoms with Gasteiger partial charge in [-0.1, -0.05) is 12.1 Å². The molecule has 0 radical (unpaired) electrons. The zero-order chi connectivity index (χ0) is 19.1. The van der Waals surface area contributed by atoms with E-state index < -0.39 is 17.8 Å².